The first-order valence-corrected chi connectivity index (χ1v) is 7.60. The molecule has 23 heavy (non-hydrogen) atoms. The maximum Gasteiger partial charge on any atom is 0.194 e. The quantitative estimate of drug-likeness (QED) is 0.420. The second-order valence-electron chi connectivity index (χ2n) is 5.24. The molecule has 0 unspecified atom stereocenters. The average molecular weight is 435 g/mol. The third-order valence-corrected chi connectivity index (χ3v) is 3.69. The van der Waals surface area contributed by atoms with Gasteiger partial charge in [0.05, 0.1) is 26.9 Å². The van der Waals surface area contributed by atoms with E-state index in [9.17, 15) is 5.11 Å². The van der Waals surface area contributed by atoms with Crippen LogP contribution in [0.1, 0.15) is 18.9 Å². The van der Waals surface area contributed by atoms with Crippen molar-refractivity contribution >= 4 is 29.9 Å². The molecule has 1 aliphatic rings. The maximum atomic E-state index is 9.68. The molecule has 1 aromatic rings. The number of benzene rings is 1. The monoisotopic (exact) mass is 435 g/mol. The van der Waals surface area contributed by atoms with E-state index in [2.05, 4.69) is 15.2 Å². The topological polar surface area (TPSA) is 66.3 Å². The van der Waals surface area contributed by atoms with Crippen LogP contribution in [0.2, 0.25) is 0 Å². The molecule has 0 amide bonds. The SMILES string of the molecule is CCNC(=NCc1ccc(OC)cc1OC)N1CC[C@@H](O)C1.I. The number of rotatable bonds is 5. The van der Waals surface area contributed by atoms with Crippen molar-refractivity contribution in [3.8, 4) is 11.5 Å². The standard InChI is InChI=1S/C16H25N3O3.HI/c1-4-17-16(19-8-7-13(20)11-19)18-10-12-5-6-14(21-2)9-15(12)22-3;/h5-6,9,13,20H,4,7-8,10-11H2,1-3H3,(H,17,18);1H/t13-;/m1./s1. The molecule has 1 heterocycles. The zero-order chi connectivity index (χ0) is 15.9. The number of likely N-dealkylation sites (tertiary alicyclic amines) is 1. The molecule has 0 saturated carbocycles. The molecule has 0 bridgehead atoms. The largest absolute Gasteiger partial charge is 0.497 e. The van der Waals surface area contributed by atoms with Crippen LogP contribution < -0.4 is 14.8 Å². The Balaban J connectivity index is 0.00000264. The van der Waals surface area contributed by atoms with Gasteiger partial charge in [0.2, 0.25) is 0 Å². The van der Waals surface area contributed by atoms with Crippen molar-refractivity contribution in [1.29, 1.82) is 0 Å². The smallest absolute Gasteiger partial charge is 0.194 e. The van der Waals surface area contributed by atoms with Crippen LogP contribution in [0.5, 0.6) is 11.5 Å². The number of aliphatic hydroxyl groups is 1. The van der Waals surface area contributed by atoms with Crippen LogP contribution in [0.25, 0.3) is 0 Å². The van der Waals surface area contributed by atoms with Gasteiger partial charge in [-0.15, -0.1) is 24.0 Å². The van der Waals surface area contributed by atoms with Crippen molar-refractivity contribution < 1.29 is 14.6 Å². The molecule has 130 valence electrons. The Labute approximate surface area is 154 Å². The van der Waals surface area contributed by atoms with Crippen molar-refractivity contribution in [1.82, 2.24) is 10.2 Å². The van der Waals surface area contributed by atoms with E-state index in [0.717, 1.165) is 42.5 Å². The lowest BCUT2D eigenvalue weighted by Crippen LogP contribution is -2.40. The Morgan fingerprint density at radius 3 is 2.74 bits per heavy atom. The molecule has 2 N–H and O–H groups in total. The number of aliphatic imine (C=N–C) groups is 1. The second-order valence-corrected chi connectivity index (χ2v) is 5.24. The number of methoxy groups -OCH3 is 2. The number of guanidine groups is 1. The molecule has 2 rings (SSSR count). The summed E-state index contributed by atoms with van der Waals surface area (Å²) in [5, 5.41) is 13.0. The summed E-state index contributed by atoms with van der Waals surface area (Å²) in [5.74, 6) is 2.36. The van der Waals surface area contributed by atoms with Crippen LogP contribution in [0.15, 0.2) is 23.2 Å². The minimum absolute atomic E-state index is 0. The number of hydrogen-bond acceptors (Lipinski definition) is 4. The number of halogens is 1. The van der Waals surface area contributed by atoms with Crippen molar-refractivity contribution in [2.75, 3.05) is 33.9 Å². The molecule has 1 saturated heterocycles. The molecule has 0 aromatic heterocycles. The van der Waals surface area contributed by atoms with Crippen LogP contribution in [0.3, 0.4) is 0 Å². The van der Waals surface area contributed by atoms with Crippen LogP contribution >= 0.6 is 24.0 Å². The summed E-state index contributed by atoms with van der Waals surface area (Å²) >= 11 is 0. The van der Waals surface area contributed by atoms with Crippen LogP contribution in [0.4, 0.5) is 0 Å². The van der Waals surface area contributed by atoms with E-state index in [1.54, 1.807) is 14.2 Å². The highest BCUT2D eigenvalue weighted by Crippen LogP contribution is 2.25. The molecule has 7 heteroatoms. The van der Waals surface area contributed by atoms with Gasteiger partial charge < -0.3 is 24.8 Å². The number of aliphatic hydroxyl groups excluding tert-OH is 1. The maximum absolute atomic E-state index is 9.68. The summed E-state index contributed by atoms with van der Waals surface area (Å²) in [6.07, 6.45) is 0.524. The molecule has 0 radical (unpaired) electrons. The predicted octanol–water partition coefficient (Wildman–Crippen LogP) is 1.85. The molecular weight excluding hydrogens is 409 g/mol. The fourth-order valence-electron chi connectivity index (χ4n) is 2.50. The van der Waals surface area contributed by atoms with Gasteiger partial charge in [0.15, 0.2) is 5.96 Å². The molecular formula is C16H26IN3O3. The van der Waals surface area contributed by atoms with Gasteiger partial charge in [-0.1, -0.05) is 0 Å². The normalized spacial score (nSPS) is 17.7. The predicted molar refractivity (Wildman–Crippen MR) is 102 cm³/mol. The Bertz CT molecular complexity index is 525. The van der Waals surface area contributed by atoms with Crippen molar-refractivity contribution in [2.24, 2.45) is 4.99 Å². The number of ether oxygens (including phenoxy) is 2. The first-order chi connectivity index (χ1) is 10.7. The third kappa shape index (κ3) is 5.42. The highest BCUT2D eigenvalue weighted by Gasteiger charge is 2.22. The Kier molecular flexibility index (Phi) is 8.46. The Morgan fingerprint density at radius 2 is 2.17 bits per heavy atom. The van der Waals surface area contributed by atoms with Gasteiger partial charge in [-0.3, -0.25) is 0 Å². The Hall–Kier alpha value is -1.22. The number of hydrogen-bond donors (Lipinski definition) is 2. The lowest BCUT2D eigenvalue weighted by atomic mass is 10.2. The zero-order valence-electron chi connectivity index (χ0n) is 13.9. The first kappa shape index (κ1) is 19.8. The lowest BCUT2D eigenvalue weighted by molar-refractivity contribution is 0.188. The summed E-state index contributed by atoms with van der Waals surface area (Å²) < 4.78 is 10.6. The van der Waals surface area contributed by atoms with E-state index in [-0.39, 0.29) is 30.1 Å². The average Bonchev–Trinajstić information content (AvgIpc) is 2.97. The summed E-state index contributed by atoms with van der Waals surface area (Å²) in [6.45, 7) is 4.81. The highest BCUT2D eigenvalue weighted by atomic mass is 127. The second kappa shape index (κ2) is 9.82. The zero-order valence-corrected chi connectivity index (χ0v) is 16.2. The van der Waals surface area contributed by atoms with Crippen LogP contribution in [0, 0.1) is 0 Å². The number of β-amino-alcohol motifs (C(OH)–C–C–N with tert-alkyl or cyclic N) is 1. The van der Waals surface area contributed by atoms with Gasteiger partial charge in [-0.2, -0.15) is 0 Å². The van der Waals surface area contributed by atoms with Crippen molar-refractivity contribution in [3.05, 3.63) is 23.8 Å². The van der Waals surface area contributed by atoms with E-state index in [0.29, 0.717) is 13.1 Å². The molecule has 1 atom stereocenters. The van der Waals surface area contributed by atoms with Crippen LogP contribution in [-0.4, -0.2) is 55.9 Å². The van der Waals surface area contributed by atoms with Gasteiger partial charge in [-0.05, 0) is 25.5 Å². The van der Waals surface area contributed by atoms with Gasteiger partial charge >= 0.3 is 0 Å². The summed E-state index contributed by atoms with van der Waals surface area (Å²) in [7, 11) is 3.28. The van der Waals surface area contributed by atoms with Crippen molar-refractivity contribution in [3.63, 3.8) is 0 Å². The molecule has 6 nitrogen and oxygen atoms in total. The van der Waals surface area contributed by atoms with E-state index in [1.165, 1.54) is 0 Å². The van der Waals surface area contributed by atoms with Gasteiger partial charge in [0.1, 0.15) is 11.5 Å². The van der Waals surface area contributed by atoms with Crippen molar-refractivity contribution in [2.45, 2.75) is 26.0 Å². The molecule has 1 aromatic carbocycles. The molecule has 0 aliphatic carbocycles. The van der Waals surface area contributed by atoms with Crippen LogP contribution in [-0.2, 0) is 6.54 Å². The van der Waals surface area contributed by atoms with Gasteiger partial charge in [0.25, 0.3) is 0 Å². The first-order valence-electron chi connectivity index (χ1n) is 7.60. The Morgan fingerprint density at radius 1 is 1.39 bits per heavy atom. The van der Waals surface area contributed by atoms with E-state index >= 15 is 0 Å². The van der Waals surface area contributed by atoms with Gasteiger partial charge in [-0.25, -0.2) is 4.99 Å². The lowest BCUT2D eigenvalue weighted by Gasteiger charge is -2.21. The van der Waals surface area contributed by atoms with E-state index in [1.807, 2.05) is 25.1 Å². The fraction of sp³-hybridized carbons (Fsp3) is 0.562. The highest BCUT2D eigenvalue weighted by molar-refractivity contribution is 14.0. The summed E-state index contributed by atoms with van der Waals surface area (Å²) in [4.78, 5) is 6.75. The number of nitrogens with one attached hydrogen (secondary N) is 1. The molecule has 1 aliphatic heterocycles. The third-order valence-electron chi connectivity index (χ3n) is 3.69. The fourth-order valence-corrected chi connectivity index (χ4v) is 2.50. The van der Waals surface area contributed by atoms with Gasteiger partial charge in [0, 0.05) is 31.3 Å². The molecule has 1 fully saturated rings. The van der Waals surface area contributed by atoms with E-state index in [4.69, 9.17) is 9.47 Å². The minimum atomic E-state index is -0.264. The van der Waals surface area contributed by atoms with E-state index < -0.39 is 0 Å². The molecule has 0 spiro atoms. The minimum Gasteiger partial charge on any atom is -0.497 e. The summed E-state index contributed by atoms with van der Waals surface area (Å²) in [6, 6.07) is 5.72. The summed E-state index contributed by atoms with van der Waals surface area (Å²) in [5.41, 5.74) is 0.999. The number of nitrogens with zero attached hydrogens (tertiary/aromatic N) is 2.